The van der Waals surface area contributed by atoms with Gasteiger partial charge in [0.15, 0.2) is 0 Å². The molecule has 0 bridgehead atoms. The fourth-order valence-electron chi connectivity index (χ4n) is 3.11. The molecule has 1 aliphatic carbocycles. The van der Waals surface area contributed by atoms with Gasteiger partial charge in [-0.25, -0.2) is 9.97 Å². The Morgan fingerprint density at radius 3 is 2.59 bits per heavy atom. The van der Waals surface area contributed by atoms with Gasteiger partial charge < -0.3 is 10.0 Å². The lowest BCUT2D eigenvalue weighted by molar-refractivity contribution is 0.140. The van der Waals surface area contributed by atoms with Crippen molar-refractivity contribution in [2.75, 3.05) is 18.0 Å². The topological polar surface area (TPSA) is 75.3 Å². The van der Waals surface area contributed by atoms with Crippen molar-refractivity contribution in [3.05, 3.63) is 35.5 Å². The number of aryl methyl sites for hydroxylation is 1. The summed E-state index contributed by atoms with van der Waals surface area (Å²) in [6, 6.07) is 8.20. The summed E-state index contributed by atoms with van der Waals surface area (Å²) in [4.78, 5) is 12.6. The highest BCUT2D eigenvalue weighted by Crippen LogP contribution is 2.33. The molecule has 2 aromatic rings. The maximum absolute atomic E-state index is 9.51. The summed E-state index contributed by atoms with van der Waals surface area (Å²) in [6.45, 7) is 1.25. The molecule has 2 aliphatic rings. The van der Waals surface area contributed by atoms with E-state index in [1.807, 2.05) is 17.0 Å². The van der Waals surface area contributed by atoms with E-state index in [4.69, 9.17) is 15.1 Å². The number of nitrogens with two attached hydrogens (primary N) is 1. The zero-order valence-electron chi connectivity index (χ0n) is 12.2. The number of hydrogen-bond acceptors (Lipinski definition) is 6. The Balaban J connectivity index is 1.76. The minimum Gasteiger partial charge on any atom is -0.389 e. The quantitative estimate of drug-likeness (QED) is 0.841. The van der Waals surface area contributed by atoms with Gasteiger partial charge in [0.1, 0.15) is 0 Å². The van der Waals surface area contributed by atoms with E-state index in [2.05, 4.69) is 12.1 Å². The Hall–Kier alpha value is -1.63. The van der Waals surface area contributed by atoms with E-state index in [0.29, 0.717) is 13.1 Å². The van der Waals surface area contributed by atoms with E-state index >= 15 is 0 Å². The first-order valence-corrected chi connectivity index (χ1v) is 8.42. The van der Waals surface area contributed by atoms with Gasteiger partial charge >= 0.3 is 0 Å². The van der Waals surface area contributed by atoms with Crippen LogP contribution in [0.3, 0.4) is 0 Å². The third kappa shape index (κ3) is 2.37. The van der Waals surface area contributed by atoms with Gasteiger partial charge in [0.25, 0.3) is 0 Å². The number of β-amino-alcohol motifs (C(OH)–C–C–N with tert-alkyl or cyclic N) is 1. The summed E-state index contributed by atoms with van der Waals surface area (Å²) in [7, 11) is 0. The fraction of sp³-hybridized carbons (Fsp3) is 0.375. The molecule has 1 aromatic heterocycles. The smallest absolute Gasteiger partial charge is 0.226 e. The van der Waals surface area contributed by atoms with Crippen LogP contribution in [-0.2, 0) is 12.8 Å². The van der Waals surface area contributed by atoms with Crippen LogP contribution in [0.25, 0.3) is 11.3 Å². The standard InChI is InChI=1S/C16H18N4OS/c17-22-12-6-4-10(5-7-12)15-13-2-1-3-14(13)18-16(19-15)20-8-11(21)9-20/h4-7,11,21H,1-3,8-9,17H2. The lowest BCUT2D eigenvalue weighted by Crippen LogP contribution is -2.51. The SMILES string of the molecule is NSc1ccc(-c2nc(N3CC(O)C3)nc3c2CCC3)cc1. The van der Waals surface area contributed by atoms with Crippen molar-refractivity contribution in [1.29, 1.82) is 0 Å². The maximum Gasteiger partial charge on any atom is 0.226 e. The van der Waals surface area contributed by atoms with Gasteiger partial charge in [0, 0.05) is 34.8 Å². The van der Waals surface area contributed by atoms with Crippen molar-refractivity contribution >= 4 is 17.9 Å². The van der Waals surface area contributed by atoms with E-state index < -0.39 is 0 Å². The third-order valence-corrected chi connectivity index (χ3v) is 4.87. The van der Waals surface area contributed by atoms with Crippen LogP contribution in [0.5, 0.6) is 0 Å². The molecule has 1 aromatic carbocycles. The van der Waals surface area contributed by atoms with Crippen LogP contribution in [0.1, 0.15) is 17.7 Å². The number of aliphatic hydroxyl groups excluding tert-OH is 1. The van der Waals surface area contributed by atoms with Crippen molar-refractivity contribution < 1.29 is 5.11 Å². The van der Waals surface area contributed by atoms with E-state index in [9.17, 15) is 5.11 Å². The lowest BCUT2D eigenvalue weighted by atomic mass is 10.1. The second-order valence-electron chi connectivity index (χ2n) is 5.85. The van der Waals surface area contributed by atoms with Gasteiger partial charge in [0.2, 0.25) is 5.95 Å². The molecule has 0 amide bonds. The monoisotopic (exact) mass is 314 g/mol. The average molecular weight is 314 g/mol. The summed E-state index contributed by atoms with van der Waals surface area (Å²) < 4.78 is 0. The Morgan fingerprint density at radius 2 is 1.91 bits per heavy atom. The molecule has 0 unspecified atom stereocenters. The Labute approximate surface area is 133 Å². The number of aromatic nitrogens is 2. The number of rotatable bonds is 3. The molecule has 22 heavy (non-hydrogen) atoms. The minimum atomic E-state index is -0.249. The van der Waals surface area contributed by atoms with Crippen LogP contribution in [0.4, 0.5) is 5.95 Å². The Bertz CT molecular complexity index is 698. The zero-order chi connectivity index (χ0) is 15.1. The fourth-order valence-corrected chi connectivity index (χ4v) is 3.40. The number of fused-ring (bicyclic) bond motifs is 1. The largest absolute Gasteiger partial charge is 0.389 e. The first-order valence-electron chi connectivity index (χ1n) is 7.54. The van der Waals surface area contributed by atoms with Gasteiger partial charge in [-0.15, -0.1) is 0 Å². The Morgan fingerprint density at radius 1 is 1.14 bits per heavy atom. The number of benzene rings is 1. The summed E-state index contributed by atoms with van der Waals surface area (Å²) >= 11 is 1.25. The normalized spacial score (nSPS) is 17.5. The van der Waals surface area contributed by atoms with Crippen molar-refractivity contribution in [2.24, 2.45) is 5.14 Å². The molecule has 2 heterocycles. The summed E-state index contributed by atoms with van der Waals surface area (Å²) in [6.07, 6.45) is 2.95. The minimum absolute atomic E-state index is 0.249. The van der Waals surface area contributed by atoms with Crippen molar-refractivity contribution in [2.45, 2.75) is 30.3 Å². The lowest BCUT2D eigenvalue weighted by Gasteiger charge is -2.36. The highest BCUT2D eigenvalue weighted by atomic mass is 32.2. The summed E-state index contributed by atoms with van der Waals surface area (Å²) in [5.41, 5.74) is 4.59. The van der Waals surface area contributed by atoms with Crippen LogP contribution < -0.4 is 10.0 Å². The molecular weight excluding hydrogens is 296 g/mol. The Kier molecular flexibility index (Phi) is 3.52. The van der Waals surface area contributed by atoms with Crippen LogP contribution >= 0.6 is 11.9 Å². The van der Waals surface area contributed by atoms with Crippen molar-refractivity contribution in [3.8, 4) is 11.3 Å². The highest BCUT2D eigenvalue weighted by Gasteiger charge is 2.29. The van der Waals surface area contributed by atoms with E-state index in [1.54, 1.807) is 0 Å². The van der Waals surface area contributed by atoms with Crippen LogP contribution in [0.15, 0.2) is 29.2 Å². The number of aliphatic hydroxyl groups is 1. The number of nitrogens with zero attached hydrogens (tertiary/aromatic N) is 3. The molecule has 114 valence electrons. The zero-order valence-corrected chi connectivity index (χ0v) is 13.0. The third-order valence-electron chi connectivity index (χ3n) is 4.33. The summed E-state index contributed by atoms with van der Waals surface area (Å²) in [5, 5.41) is 15.1. The number of hydrogen-bond donors (Lipinski definition) is 2. The molecular formula is C16H18N4OS. The highest BCUT2D eigenvalue weighted by molar-refractivity contribution is 7.97. The van der Waals surface area contributed by atoms with Gasteiger partial charge in [-0.05, 0) is 43.3 Å². The van der Waals surface area contributed by atoms with Gasteiger partial charge in [-0.1, -0.05) is 12.1 Å². The van der Waals surface area contributed by atoms with E-state index in [-0.39, 0.29) is 6.10 Å². The molecule has 6 heteroatoms. The van der Waals surface area contributed by atoms with Crippen LogP contribution in [-0.4, -0.2) is 34.3 Å². The molecule has 1 saturated heterocycles. The molecule has 1 fully saturated rings. The molecule has 0 saturated carbocycles. The van der Waals surface area contributed by atoms with Crippen LogP contribution in [0.2, 0.25) is 0 Å². The van der Waals surface area contributed by atoms with Gasteiger partial charge in [-0.3, -0.25) is 5.14 Å². The van der Waals surface area contributed by atoms with Crippen molar-refractivity contribution in [3.63, 3.8) is 0 Å². The summed E-state index contributed by atoms with van der Waals surface area (Å²) in [5.74, 6) is 0.748. The van der Waals surface area contributed by atoms with Gasteiger partial charge in [0.05, 0.1) is 11.8 Å². The molecule has 4 rings (SSSR count). The van der Waals surface area contributed by atoms with E-state index in [0.717, 1.165) is 41.4 Å². The predicted octanol–water partition coefficient (Wildman–Crippen LogP) is 1.78. The number of anilines is 1. The average Bonchev–Trinajstić information content (AvgIpc) is 2.99. The molecule has 0 radical (unpaired) electrons. The maximum atomic E-state index is 9.51. The van der Waals surface area contributed by atoms with Crippen LogP contribution in [0, 0.1) is 0 Å². The van der Waals surface area contributed by atoms with Crippen molar-refractivity contribution in [1.82, 2.24) is 9.97 Å². The molecule has 1 aliphatic heterocycles. The second-order valence-corrected chi connectivity index (χ2v) is 6.56. The molecule has 3 N–H and O–H groups in total. The second kappa shape index (κ2) is 5.53. The molecule has 0 spiro atoms. The molecule has 5 nitrogen and oxygen atoms in total. The molecule has 0 atom stereocenters. The predicted molar refractivity (Wildman–Crippen MR) is 87.8 cm³/mol. The first-order chi connectivity index (χ1) is 10.7. The van der Waals surface area contributed by atoms with Gasteiger partial charge in [-0.2, -0.15) is 0 Å². The van der Waals surface area contributed by atoms with E-state index in [1.165, 1.54) is 23.2 Å². The first kappa shape index (κ1) is 14.0.